The average molecular weight is 560 g/mol. The van der Waals surface area contributed by atoms with Gasteiger partial charge in [-0.15, -0.1) is 34.2 Å². The topological polar surface area (TPSA) is 67.6 Å². The van der Waals surface area contributed by atoms with E-state index in [1.165, 1.54) is 16.7 Å². The lowest BCUT2D eigenvalue weighted by Crippen LogP contribution is -2.45. The first-order chi connectivity index (χ1) is 15.8. The van der Waals surface area contributed by atoms with Gasteiger partial charge in [-0.1, -0.05) is 43.3 Å². The van der Waals surface area contributed by atoms with Gasteiger partial charge in [0.1, 0.15) is 17.9 Å². The van der Waals surface area contributed by atoms with E-state index in [-0.39, 0.29) is 24.0 Å². The first-order valence-electron chi connectivity index (χ1n) is 11.4. The van der Waals surface area contributed by atoms with Crippen LogP contribution >= 0.6 is 24.0 Å². The number of nitrogens with one attached hydrogen (secondary N) is 1. The minimum absolute atomic E-state index is 0. The van der Waals surface area contributed by atoms with Gasteiger partial charge >= 0.3 is 0 Å². The first-order valence-corrected chi connectivity index (χ1v) is 11.4. The summed E-state index contributed by atoms with van der Waals surface area (Å²) < 4.78 is 7.36. The van der Waals surface area contributed by atoms with Crippen molar-refractivity contribution in [2.75, 3.05) is 26.7 Å². The molecule has 1 aliphatic rings. The van der Waals surface area contributed by atoms with Crippen LogP contribution in [0.4, 0.5) is 0 Å². The van der Waals surface area contributed by atoms with Crippen LogP contribution in [0.3, 0.4) is 0 Å². The van der Waals surface area contributed by atoms with Crippen LogP contribution in [-0.4, -0.2) is 52.4 Å². The van der Waals surface area contributed by atoms with Crippen LogP contribution in [-0.2, 0) is 32.4 Å². The van der Waals surface area contributed by atoms with E-state index in [1.807, 2.05) is 12.1 Å². The largest absolute Gasteiger partial charge is 0.497 e. The van der Waals surface area contributed by atoms with Crippen molar-refractivity contribution >= 4 is 29.9 Å². The molecule has 1 N–H and O–H groups in total. The number of benzene rings is 2. The summed E-state index contributed by atoms with van der Waals surface area (Å²) in [5, 5.41) is 11.8. The van der Waals surface area contributed by atoms with Gasteiger partial charge in [-0.2, -0.15) is 0 Å². The third-order valence-electron chi connectivity index (χ3n) is 5.90. The Hall–Kier alpha value is -2.62. The fraction of sp³-hybridized carbons (Fsp3) is 0.400. The van der Waals surface area contributed by atoms with Crippen molar-refractivity contribution in [3.8, 4) is 5.75 Å². The van der Waals surface area contributed by atoms with Gasteiger partial charge in [-0.25, -0.2) is 0 Å². The monoisotopic (exact) mass is 560 g/mol. The Morgan fingerprint density at radius 1 is 1.12 bits per heavy atom. The van der Waals surface area contributed by atoms with Gasteiger partial charge in [0.15, 0.2) is 5.96 Å². The Labute approximate surface area is 213 Å². The Balaban J connectivity index is 0.00000306. The Morgan fingerprint density at radius 2 is 1.91 bits per heavy atom. The summed E-state index contributed by atoms with van der Waals surface area (Å²) in [4.78, 5) is 7.34. The van der Waals surface area contributed by atoms with Gasteiger partial charge in [0.2, 0.25) is 0 Å². The van der Waals surface area contributed by atoms with Crippen molar-refractivity contribution in [1.82, 2.24) is 25.0 Å². The highest BCUT2D eigenvalue weighted by Crippen LogP contribution is 2.18. The number of hydrogen-bond donors (Lipinski definition) is 1. The van der Waals surface area contributed by atoms with Crippen molar-refractivity contribution in [2.45, 2.75) is 39.3 Å². The van der Waals surface area contributed by atoms with Gasteiger partial charge in [-0.05, 0) is 41.7 Å². The van der Waals surface area contributed by atoms with Crippen LogP contribution in [0.15, 0.2) is 59.9 Å². The van der Waals surface area contributed by atoms with E-state index in [2.05, 4.69) is 68.3 Å². The summed E-state index contributed by atoms with van der Waals surface area (Å²) >= 11 is 0. The van der Waals surface area contributed by atoms with Crippen molar-refractivity contribution in [3.05, 3.63) is 77.4 Å². The van der Waals surface area contributed by atoms with Crippen LogP contribution in [0.5, 0.6) is 5.75 Å². The van der Waals surface area contributed by atoms with Gasteiger partial charge in [0.05, 0.1) is 7.11 Å². The molecule has 0 bridgehead atoms. The van der Waals surface area contributed by atoms with E-state index < -0.39 is 0 Å². The molecule has 0 radical (unpaired) electrons. The highest BCUT2D eigenvalue weighted by Gasteiger charge is 2.19. The Bertz CT molecular complexity index is 1030. The van der Waals surface area contributed by atoms with Gasteiger partial charge in [0, 0.05) is 39.1 Å². The number of ether oxygens (including phenoxy) is 1. The summed E-state index contributed by atoms with van der Waals surface area (Å²) in [6.45, 7) is 6.29. The molecule has 3 aromatic rings. The van der Waals surface area contributed by atoms with Crippen LogP contribution in [0.1, 0.15) is 29.4 Å². The molecule has 33 heavy (non-hydrogen) atoms. The molecule has 4 rings (SSSR count). The number of halogens is 1. The van der Waals surface area contributed by atoms with Crippen molar-refractivity contribution < 1.29 is 4.74 Å². The van der Waals surface area contributed by atoms with E-state index in [0.29, 0.717) is 0 Å². The zero-order valence-corrected chi connectivity index (χ0v) is 21.7. The Morgan fingerprint density at radius 3 is 2.67 bits per heavy atom. The number of guanidine groups is 1. The molecule has 2 heterocycles. The first kappa shape index (κ1) is 25.0. The molecular weight excluding hydrogens is 527 g/mol. The summed E-state index contributed by atoms with van der Waals surface area (Å²) in [6, 6.07) is 16.9. The smallest absolute Gasteiger partial charge is 0.194 e. The fourth-order valence-electron chi connectivity index (χ4n) is 4.05. The lowest BCUT2D eigenvalue weighted by Gasteiger charge is -2.32. The zero-order valence-electron chi connectivity index (χ0n) is 19.4. The van der Waals surface area contributed by atoms with E-state index in [1.54, 1.807) is 13.4 Å². The second-order valence-corrected chi connectivity index (χ2v) is 7.96. The minimum atomic E-state index is 0. The molecule has 0 fully saturated rings. The number of fused-ring (bicyclic) bond motifs is 1. The van der Waals surface area contributed by atoms with Crippen molar-refractivity contribution in [3.63, 3.8) is 0 Å². The van der Waals surface area contributed by atoms with E-state index in [4.69, 9.17) is 9.73 Å². The molecule has 0 saturated heterocycles. The number of hydrogen-bond acceptors (Lipinski definition) is 4. The highest BCUT2D eigenvalue weighted by atomic mass is 127. The molecule has 0 amide bonds. The molecule has 1 aromatic heterocycles. The predicted molar refractivity (Wildman–Crippen MR) is 142 cm³/mol. The highest BCUT2D eigenvalue weighted by molar-refractivity contribution is 14.0. The molecule has 7 nitrogen and oxygen atoms in total. The minimum Gasteiger partial charge on any atom is -0.497 e. The number of methoxy groups -OCH3 is 1. The maximum Gasteiger partial charge on any atom is 0.194 e. The molecule has 0 spiro atoms. The van der Waals surface area contributed by atoms with Crippen LogP contribution in [0.2, 0.25) is 0 Å². The quantitative estimate of drug-likeness (QED) is 0.259. The number of aliphatic imine (C=N–C) groups is 1. The molecule has 0 unspecified atom stereocenters. The van der Waals surface area contributed by atoms with Crippen molar-refractivity contribution in [1.29, 1.82) is 0 Å². The van der Waals surface area contributed by atoms with Crippen LogP contribution < -0.4 is 10.1 Å². The van der Waals surface area contributed by atoms with Crippen LogP contribution in [0, 0.1) is 0 Å². The number of aryl methyl sites for hydroxylation is 1. The maximum absolute atomic E-state index is 5.26. The van der Waals surface area contributed by atoms with Gasteiger partial charge in [-0.3, -0.25) is 4.99 Å². The molecule has 1 aliphatic heterocycles. The standard InChI is InChI=1S/C25H32N6O.HI/c1-3-24-29-28-19-31(24)17-15-27-25(26-14-12-20-8-10-23(32-2)11-9-20)30-16-13-21-6-4-5-7-22(21)18-30;/h4-11,19H,3,12-18H2,1-2H3,(H,26,27);1H. The van der Waals surface area contributed by atoms with Crippen molar-refractivity contribution in [2.24, 2.45) is 4.99 Å². The van der Waals surface area contributed by atoms with Gasteiger partial charge < -0.3 is 19.5 Å². The summed E-state index contributed by atoms with van der Waals surface area (Å²) in [5.41, 5.74) is 4.09. The molecule has 176 valence electrons. The molecule has 8 heteroatoms. The lowest BCUT2D eigenvalue weighted by atomic mass is 10.0. The molecule has 0 saturated carbocycles. The maximum atomic E-state index is 5.26. The Kier molecular flexibility index (Phi) is 9.53. The predicted octanol–water partition coefficient (Wildman–Crippen LogP) is 3.71. The zero-order chi connectivity index (χ0) is 22.2. The average Bonchev–Trinajstić information content (AvgIpc) is 3.30. The molecule has 0 atom stereocenters. The second kappa shape index (κ2) is 12.6. The molecule has 0 aliphatic carbocycles. The van der Waals surface area contributed by atoms with E-state index in [0.717, 1.165) is 69.5 Å². The fourth-order valence-corrected chi connectivity index (χ4v) is 4.05. The third kappa shape index (κ3) is 6.69. The van der Waals surface area contributed by atoms with Crippen LogP contribution in [0.25, 0.3) is 0 Å². The molecule has 2 aromatic carbocycles. The summed E-state index contributed by atoms with van der Waals surface area (Å²) in [5.74, 6) is 2.86. The number of aromatic nitrogens is 3. The lowest BCUT2D eigenvalue weighted by molar-refractivity contribution is 0.376. The summed E-state index contributed by atoms with van der Waals surface area (Å²) in [6.07, 6.45) is 4.62. The second-order valence-electron chi connectivity index (χ2n) is 7.96. The third-order valence-corrected chi connectivity index (χ3v) is 5.90. The van der Waals surface area contributed by atoms with E-state index in [9.17, 15) is 0 Å². The normalized spacial score (nSPS) is 13.3. The van der Waals surface area contributed by atoms with E-state index >= 15 is 0 Å². The SMILES string of the molecule is CCc1nncn1CCNC(=NCCc1ccc(OC)cc1)N1CCc2ccccc2C1.I. The number of rotatable bonds is 8. The molecular formula is C25H33IN6O. The summed E-state index contributed by atoms with van der Waals surface area (Å²) in [7, 11) is 1.69. The van der Waals surface area contributed by atoms with Gasteiger partial charge in [0.25, 0.3) is 0 Å². The number of nitrogens with zero attached hydrogens (tertiary/aromatic N) is 5.